The van der Waals surface area contributed by atoms with Crippen molar-refractivity contribution >= 4 is 38.4 Å². The van der Waals surface area contributed by atoms with Crippen LogP contribution in [0.15, 0.2) is 22.8 Å². The largest absolute Gasteiger partial charge is 0.252 e. The van der Waals surface area contributed by atoms with Gasteiger partial charge in [-0.05, 0) is 12.1 Å². The van der Waals surface area contributed by atoms with E-state index in [1.54, 1.807) is 0 Å². The van der Waals surface area contributed by atoms with Crippen molar-refractivity contribution in [3.63, 3.8) is 0 Å². The molecule has 5 heteroatoms. The van der Waals surface area contributed by atoms with Gasteiger partial charge < -0.3 is 0 Å². The van der Waals surface area contributed by atoms with Crippen LogP contribution >= 0.6 is 27.5 Å². The number of rotatable bonds is 0. The van der Waals surface area contributed by atoms with Gasteiger partial charge >= 0.3 is 0 Å². The lowest BCUT2D eigenvalue weighted by molar-refractivity contribution is 0.636. The van der Waals surface area contributed by atoms with E-state index in [1.807, 2.05) is 6.07 Å². The average molecular weight is 286 g/mol. The Bertz CT molecular complexity index is 592. The fourth-order valence-corrected chi connectivity index (χ4v) is 2.19. The van der Waals surface area contributed by atoms with E-state index in [0.29, 0.717) is 9.86 Å². The zero-order valence-corrected chi connectivity index (χ0v) is 9.60. The van der Waals surface area contributed by atoms with E-state index < -0.39 is 5.82 Å². The quantitative estimate of drug-likeness (QED) is 0.740. The van der Waals surface area contributed by atoms with E-state index in [4.69, 9.17) is 16.9 Å². The molecule has 0 saturated carbocycles. The molecule has 0 amide bonds. The second kappa shape index (κ2) is 3.76. The summed E-state index contributed by atoms with van der Waals surface area (Å²) in [6.07, 6.45) is 1.26. The SMILES string of the molecule is N#Cc1cnc2c(F)ccc(Br)c2c1Cl. The van der Waals surface area contributed by atoms with Gasteiger partial charge in [0.25, 0.3) is 0 Å². The Hall–Kier alpha value is -1.18. The van der Waals surface area contributed by atoms with Gasteiger partial charge in [-0.2, -0.15) is 5.26 Å². The Morgan fingerprint density at radius 3 is 2.87 bits per heavy atom. The highest BCUT2D eigenvalue weighted by Crippen LogP contribution is 2.32. The van der Waals surface area contributed by atoms with Crippen molar-refractivity contribution < 1.29 is 4.39 Å². The molecule has 0 radical (unpaired) electrons. The monoisotopic (exact) mass is 284 g/mol. The lowest BCUT2D eigenvalue weighted by Crippen LogP contribution is -1.89. The zero-order valence-electron chi connectivity index (χ0n) is 7.26. The molecule has 1 heterocycles. The minimum Gasteiger partial charge on any atom is -0.252 e. The van der Waals surface area contributed by atoms with E-state index in [2.05, 4.69) is 20.9 Å². The smallest absolute Gasteiger partial charge is 0.149 e. The first kappa shape index (κ1) is 10.3. The summed E-state index contributed by atoms with van der Waals surface area (Å²) in [5.41, 5.74) is 0.392. The average Bonchev–Trinajstić information content (AvgIpc) is 2.23. The van der Waals surface area contributed by atoms with Gasteiger partial charge in [0.05, 0.1) is 10.6 Å². The first-order chi connectivity index (χ1) is 7.15. The molecule has 0 spiro atoms. The molecule has 0 aliphatic rings. The Balaban J connectivity index is 3.00. The van der Waals surface area contributed by atoms with Gasteiger partial charge in [0.15, 0.2) is 0 Å². The molecule has 0 unspecified atom stereocenters. The van der Waals surface area contributed by atoms with E-state index >= 15 is 0 Å². The summed E-state index contributed by atoms with van der Waals surface area (Å²) in [5.74, 6) is -0.459. The van der Waals surface area contributed by atoms with Crippen LogP contribution in [-0.2, 0) is 0 Å². The van der Waals surface area contributed by atoms with Crippen molar-refractivity contribution in [1.29, 1.82) is 5.26 Å². The Morgan fingerprint density at radius 2 is 2.20 bits per heavy atom. The number of hydrogen-bond acceptors (Lipinski definition) is 2. The molecule has 74 valence electrons. The third kappa shape index (κ3) is 1.58. The predicted octanol–water partition coefficient (Wildman–Crippen LogP) is 3.66. The van der Waals surface area contributed by atoms with Gasteiger partial charge in [0.1, 0.15) is 17.4 Å². The van der Waals surface area contributed by atoms with Crippen LogP contribution in [0.2, 0.25) is 5.02 Å². The Labute approximate surface area is 98.4 Å². The fraction of sp³-hybridized carbons (Fsp3) is 0. The molecule has 0 fully saturated rings. The number of nitrogens with zero attached hydrogens (tertiary/aromatic N) is 2. The van der Waals surface area contributed by atoms with Gasteiger partial charge in [-0.1, -0.05) is 27.5 Å². The van der Waals surface area contributed by atoms with Gasteiger partial charge in [-0.15, -0.1) is 0 Å². The maximum Gasteiger partial charge on any atom is 0.149 e. The summed E-state index contributed by atoms with van der Waals surface area (Å²) in [6.45, 7) is 0. The second-order valence-electron chi connectivity index (χ2n) is 2.85. The van der Waals surface area contributed by atoms with E-state index in [-0.39, 0.29) is 16.1 Å². The summed E-state index contributed by atoms with van der Waals surface area (Å²) in [4.78, 5) is 3.86. The number of pyridine rings is 1. The molecule has 0 N–H and O–H groups in total. The van der Waals surface area contributed by atoms with Crippen LogP contribution < -0.4 is 0 Å². The van der Waals surface area contributed by atoms with Crippen LogP contribution in [0.1, 0.15) is 5.56 Å². The maximum absolute atomic E-state index is 13.4. The standard InChI is InChI=1S/C10H3BrClFN2/c11-6-1-2-7(13)10-8(6)9(12)5(3-14)4-15-10/h1-2,4H. The van der Waals surface area contributed by atoms with Crippen molar-refractivity contribution in [2.24, 2.45) is 0 Å². The van der Waals surface area contributed by atoms with Gasteiger partial charge in [0.2, 0.25) is 0 Å². The van der Waals surface area contributed by atoms with Crippen molar-refractivity contribution in [2.45, 2.75) is 0 Å². The third-order valence-electron chi connectivity index (χ3n) is 1.98. The van der Waals surface area contributed by atoms with Crippen molar-refractivity contribution in [3.05, 3.63) is 39.2 Å². The molecule has 0 bridgehead atoms. The van der Waals surface area contributed by atoms with Crippen molar-refractivity contribution in [3.8, 4) is 6.07 Å². The molecule has 2 nitrogen and oxygen atoms in total. The molecule has 0 saturated heterocycles. The van der Waals surface area contributed by atoms with Crippen LogP contribution in [0.4, 0.5) is 4.39 Å². The molecular weight excluding hydrogens is 282 g/mol. The molecule has 0 atom stereocenters. The number of halogens is 3. The maximum atomic E-state index is 13.4. The van der Waals surface area contributed by atoms with Gasteiger partial charge in [-0.3, -0.25) is 4.98 Å². The molecule has 2 aromatic rings. The van der Waals surface area contributed by atoms with Crippen LogP contribution in [0, 0.1) is 17.1 Å². The summed E-state index contributed by atoms with van der Waals surface area (Å²) in [7, 11) is 0. The third-order valence-corrected chi connectivity index (χ3v) is 3.03. The first-order valence-corrected chi connectivity index (χ1v) is 5.14. The summed E-state index contributed by atoms with van der Waals surface area (Å²) in [6, 6.07) is 4.72. The lowest BCUT2D eigenvalue weighted by atomic mass is 10.1. The molecule has 1 aromatic carbocycles. The second-order valence-corrected chi connectivity index (χ2v) is 4.08. The number of fused-ring (bicyclic) bond motifs is 1. The van der Waals surface area contributed by atoms with E-state index in [0.717, 1.165) is 0 Å². The molecule has 1 aromatic heterocycles. The molecular formula is C10H3BrClFN2. The topological polar surface area (TPSA) is 36.7 Å². The minimum absolute atomic E-state index is 0.161. The summed E-state index contributed by atoms with van der Waals surface area (Å²) < 4.78 is 14.0. The van der Waals surface area contributed by atoms with E-state index in [1.165, 1.54) is 18.3 Å². The predicted molar refractivity (Wildman–Crippen MR) is 59.1 cm³/mol. The van der Waals surface area contributed by atoms with E-state index in [9.17, 15) is 4.39 Å². The normalized spacial score (nSPS) is 10.3. The summed E-state index contributed by atoms with van der Waals surface area (Å²) in [5, 5.41) is 9.40. The number of hydrogen-bond donors (Lipinski definition) is 0. The molecule has 15 heavy (non-hydrogen) atoms. The summed E-state index contributed by atoms with van der Waals surface area (Å²) >= 11 is 9.20. The highest BCUT2D eigenvalue weighted by molar-refractivity contribution is 9.10. The van der Waals surface area contributed by atoms with Gasteiger partial charge in [0, 0.05) is 16.1 Å². The van der Waals surface area contributed by atoms with Crippen molar-refractivity contribution in [1.82, 2.24) is 4.98 Å². The first-order valence-electron chi connectivity index (χ1n) is 3.97. The highest BCUT2D eigenvalue weighted by Gasteiger charge is 2.12. The lowest BCUT2D eigenvalue weighted by Gasteiger charge is -2.04. The Morgan fingerprint density at radius 1 is 1.47 bits per heavy atom. The molecule has 2 rings (SSSR count). The number of benzene rings is 1. The van der Waals surface area contributed by atoms with Crippen LogP contribution in [0.5, 0.6) is 0 Å². The number of nitriles is 1. The molecule has 0 aliphatic heterocycles. The van der Waals surface area contributed by atoms with Crippen LogP contribution in [0.3, 0.4) is 0 Å². The highest BCUT2D eigenvalue weighted by atomic mass is 79.9. The Kier molecular flexibility index (Phi) is 2.59. The number of aromatic nitrogens is 1. The van der Waals surface area contributed by atoms with Crippen molar-refractivity contribution in [2.75, 3.05) is 0 Å². The van der Waals surface area contributed by atoms with Gasteiger partial charge in [-0.25, -0.2) is 4.39 Å². The minimum atomic E-state index is -0.459. The van der Waals surface area contributed by atoms with Crippen LogP contribution in [-0.4, -0.2) is 4.98 Å². The van der Waals surface area contributed by atoms with Crippen LogP contribution in [0.25, 0.3) is 10.9 Å². The fourth-order valence-electron chi connectivity index (χ4n) is 1.27. The zero-order chi connectivity index (χ0) is 11.0. The molecule has 0 aliphatic carbocycles.